The molecule has 0 radical (unpaired) electrons. The lowest BCUT2D eigenvalue weighted by molar-refractivity contribution is -0.135. The number of hydrogen-bond acceptors (Lipinski definition) is 4. The second kappa shape index (κ2) is 7.49. The summed E-state index contributed by atoms with van der Waals surface area (Å²) in [5, 5.41) is 12.8. The second-order valence-corrected chi connectivity index (χ2v) is 6.21. The lowest BCUT2D eigenvalue weighted by Crippen LogP contribution is -2.49. The minimum Gasteiger partial charge on any atom is -0.478 e. The normalized spacial score (nSPS) is 14.0. The number of ether oxygens (including phenoxy) is 1. The van der Waals surface area contributed by atoms with Crippen LogP contribution in [0.1, 0.15) is 39.1 Å². The first-order chi connectivity index (χ1) is 11.3. The van der Waals surface area contributed by atoms with E-state index in [2.05, 4.69) is 5.32 Å². The summed E-state index contributed by atoms with van der Waals surface area (Å²) in [5.74, 6) is 0.161. The van der Waals surface area contributed by atoms with Crippen molar-refractivity contribution in [3.05, 3.63) is 54.2 Å². The van der Waals surface area contributed by atoms with Crippen molar-refractivity contribution in [3.63, 3.8) is 0 Å². The number of carbonyl (C=O) groups excluding carboxylic acids is 1. The number of halogens is 1. The van der Waals surface area contributed by atoms with Crippen LogP contribution in [0.4, 0.5) is 4.39 Å². The fourth-order valence-electron chi connectivity index (χ4n) is 2.23. The summed E-state index contributed by atoms with van der Waals surface area (Å²) in [5.41, 5.74) is -1.14. The Kier molecular flexibility index (Phi) is 5.62. The highest BCUT2D eigenvalue weighted by Gasteiger charge is 2.31. The highest BCUT2D eigenvalue weighted by molar-refractivity contribution is 5.84. The van der Waals surface area contributed by atoms with Crippen LogP contribution in [0.5, 0.6) is 5.75 Å². The zero-order chi connectivity index (χ0) is 17.7. The molecular formula is C18H22FNO4. The molecule has 0 saturated carbocycles. The smallest absolute Gasteiger partial charge is 0.263 e. The Morgan fingerprint density at radius 3 is 2.58 bits per heavy atom. The Hall–Kier alpha value is -2.34. The number of hydrogen-bond donors (Lipinski definition) is 2. The summed E-state index contributed by atoms with van der Waals surface area (Å²) < 4.78 is 23.7. The van der Waals surface area contributed by atoms with Gasteiger partial charge in [-0.05, 0) is 57.2 Å². The molecule has 24 heavy (non-hydrogen) atoms. The number of rotatable bonds is 7. The minimum atomic E-state index is -1.14. The van der Waals surface area contributed by atoms with Crippen LogP contribution in [-0.4, -0.2) is 22.7 Å². The molecule has 1 amide bonds. The van der Waals surface area contributed by atoms with Crippen LogP contribution in [0.25, 0.3) is 0 Å². The maximum absolute atomic E-state index is 12.9. The van der Waals surface area contributed by atoms with Gasteiger partial charge in [0.05, 0.1) is 6.26 Å². The Morgan fingerprint density at radius 1 is 1.33 bits per heavy atom. The molecule has 0 fully saturated rings. The number of carbonyl (C=O) groups is 1. The standard InChI is InChI=1S/C18H22FNO4/c1-12(11-15(21)16-5-4-10-23-16)20-17(22)18(2,3)24-14-8-6-13(19)7-9-14/h4-10,12,15,21H,11H2,1-3H3,(H,20,22). The average molecular weight is 335 g/mol. The van der Waals surface area contributed by atoms with Crippen molar-refractivity contribution >= 4 is 5.91 Å². The Balaban J connectivity index is 1.90. The molecule has 0 aliphatic rings. The van der Waals surface area contributed by atoms with Crippen molar-refractivity contribution in [2.24, 2.45) is 0 Å². The van der Waals surface area contributed by atoms with Gasteiger partial charge < -0.3 is 19.6 Å². The van der Waals surface area contributed by atoms with Crippen molar-refractivity contribution < 1.29 is 23.4 Å². The van der Waals surface area contributed by atoms with Crippen molar-refractivity contribution in [2.75, 3.05) is 0 Å². The molecule has 5 nitrogen and oxygen atoms in total. The first-order valence-corrected chi connectivity index (χ1v) is 7.75. The molecule has 1 aromatic carbocycles. The molecule has 6 heteroatoms. The van der Waals surface area contributed by atoms with E-state index in [0.717, 1.165) is 0 Å². The number of nitrogens with one attached hydrogen (secondary N) is 1. The van der Waals surface area contributed by atoms with Crippen LogP contribution in [0.2, 0.25) is 0 Å². The van der Waals surface area contributed by atoms with Gasteiger partial charge in [0.1, 0.15) is 23.4 Å². The minimum absolute atomic E-state index is 0.284. The number of aliphatic hydroxyl groups is 1. The van der Waals surface area contributed by atoms with E-state index >= 15 is 0 Å². The van der Waals surface area contributed by atoms with Gasteiger partial charge in [-0.25, -0.2) is 4.39 Å². The highest BCUT2D eigenvalue weighted by Crippen LogP contribution is 2.21. The van der Waals surface area contributed by atoms with Gasteiger partial charge in [0.2, 0.25) is 0 Å². The predicted molar refractivity (Wildman–Crippen MR) is 87.0 cm³/mol. The molecule has 0 aliphatic carbocycles. The van der Waals surface area contributed by atoms with Crippen LogP contribution in [0.3, 0.4) is 0 Å². The summed E-state index contributed by atoms with van der Waals surface area (Å²) in [6, 6.07) is 8.57. The quantitative estimate of drug-likeness (QED) is 0.815. The third-order valence-corrected chi connectivity index (χ3v) is 3.56. The fourth-order valence-corrected chi connectivity index (χ4v) is 2.23. The molecule has 2 N–H and O–H groups in total. The second-order valence-electron chi connectivity index (χ2n) is 6.21. The number of furan rings is 1. The summed E-state index contributed by atoms with van der Waals surface area (Å²) in [4.78, 5) is 12.4. The maximum atomic E-state index is 12.9. The zero-order valence-corrected chi connectivity index (χ0v) is 14.0. The van der Waals surface area contributed by atoms with Gasteiger partial charge in [-0.1, -0.05) is 0 Å². The molecule has 130 valence electrons. The monoisotopic (exact) mass is 335 g/mol. The van der Waals surface area contributed by atoms with Crippen LogP contribution in [0.15, 0.2) is 47.1 Å². The van der Waals surface area contributed by atoms with E-state index < -0.39 is 11.7 Å². The van der Waals surface area contributed by atoms with Crippen molar-refractivity contribution in [3.8, 4) is 5.75 Å². The van der Waals surface area contributed by atoms with E-state index in [9.17, 15) is 14.3 Å². The Morgan fingerprint density at radius 2 is 2.00 bits per heavy atom. The number of benzene rings is 1. The van der Waals surface area contributed by atoms with Gasteiger partial charge in [-0.3, -0.25) is 4.79 Å². The van der Waals surface area contributed by atoms with Crippen molar-refractivity contribution in [2.45, 2.75) is 44.9 Å². The van der Waals surface area contributed by atoms with Crippen LogP contribution in [0, 0.1) is 5.82 Å². The maximum Gasteiger partial charge on any atom is 0.263 e. The van der Waals surface area contributed by atoms with Gasteiger partial charge in [0.15, 0.2) is 5.60 Å². The summed E-state index contributed by atoms with van der Waals surface area (Å²) in [7, 11) is 0. The van der Waals surface area contributed by atoms with Crippen LogP contribution in [-0.2, 0) is 4.79 Å². The molecule has 0 bridgehead atoms. The third kappa shape index (κ3) is 4.83. The number of amides is 1. The summed E-state index contributed by atoms with van der Waals surface area (Å²) >= 11 is 0. The van der Waals surface area contributed by atoms with E-state index in [0.29, 0.717) is 17.9 Å². The molecule has 1 heterocycles. The topological polar surface area (TPSA) is 71.7 Å². The Bertz CT molecular complexity index is 652. The van der Waals surface area contributed by atoms with Gasteiger partial charge in [0.25, 0.3) is 5.91 Å². The van der Waals surface area contributed by atoms with E-state index in [1.165, 1.54) is 30.5 Å². The van der Waals surface area contributed by atoms with E-state index in [4.69, 9.17) is 9.15 Å². The average Bonchev–Trinajstić information content (AvgIpc) is 3.03. The van der Waals surface area contributed by atoms with E-state index in [1.807, 2.05) is 0 Å². The van der Waals surface area contributed by atoms with Gasteiger partial charge >= 0.3 is 0 Å². The van der Waals surface area contributed by atoms with Crippen molar-refractivity contribution in [1.82, 2.24) is 5.32 Å². The molecule has 0 saturated heterocycles. The first-order valence-electron chi connectivity index (χ1n) is 7.75. The largest absolute Gasteiger partial charge is 0.478 e. The van der Waals surface area contributed by atoms with Gasteiger partial charge in [-0.2, -0.15) is 0 Å². The highest BCUT2D eigenvalue weighted by atomic mass is 19.1. The summed E-state index contributed by atoms with van der Waals surface area (Å²) in [6.07, 6.45) is 1.00. The molecule has 2 rings (SSSR count). The van der Waals surface area contributed by atoms with E-state index in [1.54, 1.807) is 32.9 Å². The molecular weight excluding hydrogens is 313 g/mol. The third-order valence-electron chi connectivity index (χ3n) is 3.56. The van der Waals surface area contributed by atoms with Crippen LogP contribution < -0.4 is 10.1 Å². The number of aliphatic hydroxyl groups excluding tert-OH is 1. The molecule has 2 atom stereocenters. The summed E-state index contributed by atoms with van der Waals surface area (Å²) in [6.45, 7) is 5.04. The Labute approximate surface area is 140 Å². The molecule has 2 aromatic rings. The zero-order valence-electron chi connectivity index (χ0n) is 14.0. The molecule has 2 unspecified atom stereocenters. The van der Waals surface area contributed by atoms with Gasteiger partial charge in [-0.15, -0.1) is 0 Å². The fraction of sp³-hybridized carbons (Fsp3) is 0.389. The molecule has 0 aliphatic heterocycles. The SMILES string of the molecule is CC(CC(O)c1ccco1)NC(=O)C(C)(C)Oc1ccc(F)cc1. The molecule has 0 spiro atoms. The first kappa shape index (κ1) is 18.0. The predicted octanol–water partition coefficient (Wildman–Crippen LogP) is 3.20. The van der Waals surface area contributed by atoms with Crippen molar-refractivity contribution in [1.29, 1.82) is 0 Å². The van der Waals surface area contributed by atoms with Crippen LogP contribution >= 0.6 is 0 Å². The molecule has 1 aromatic heterocycles. The van der Waals surface area contributed by atoms with Gasteiger partial charge in [0, 0.05) is 12.5 Å². The van der Waals surface area contributed by atoms with E-state index in [-0.39, 0.29) is 17.8 Å². The lowest BCUT2D eigenvalue weighted by Gasteiger charge is -2.27. The lowest BCUT2D eigenvalue weighted by atomic mass is 10.1.